The summed E-state index contributed by atoms with van der Waals surface area (Å²) in [7, 11) is 0. The Morgan fingerprint density at radius 1 is 1.04 bits per heavy atom. The largest absolute Gasteiger partial charge is 0.345 e. The maximum Gasteiger partial charge on any atom is 0.243 e. The standard InChI is InChI=1S/C17H34N4O3/c1-11(2)9-14(21-17(24)15(19)12(3)4)16(23)20-13(10-22)7-5-6-8-18/h10-15H,5-9,18-19H2,1-4H3,(H,20,23)(H,21,24)/t13-,14-,15+/m0/s1. The van der Waals surface area contributed by atoms with Crippen molar-refractivity contribution in [3.05, 3.63) is 0 Å². The Morgan fingerprint density at radius 3 is 2.12 bits per heavy atom. The highest BCUT2D eigenvalue weighted by molar-refractivity contribution is 5.90. The molecule has 0 aromatic carbocycles. The summed E-state index contributed by atoms with van der Waals surface area (Å²) >= 11 is 0. The lowest BCUT2D eigenvalue weighted by Crippen LogP contribution is -2.54. The van der Waals surface area contributed by atoms with E-state index < -0.39 is 18.1 Å². The maximum absolute atomic E-state index is 12.5. The van der Waals surface area contributed by atoms with E-state index in [1.165, 1.54) is 0 Å². The van der Waals surface area contributed by atoms with E-state index in [1.807, 2.05) is 27.7 Å². The highest BCUT2D eigenvalue weighted by atomic mass is 16.2. The molecule has 0 heterocycles. The van der Waals surface area contributed by atoms with Gasteiger partial charge in [-0.25, -0.2) is 0 Å². The number of carbonyl (C=O) groups is 3. The molecular formula is C17H34N4O3. The number of amides is 2. The second kappa shape index (κ2) is 12.0. The zero-order chi connectivity index (χ0) is 18.7. The zero-order valence-corrected chi connectivity index (χ0v) is 15.4. The number of unbranched alkanes of at least 4 members (excludes halogenated alkanes) is 1. The summed E-state index contributed by atoms with van der Waals surface area (Å²) in [6.07, 6.45) is 3.31. The number of hydrogen-bond donors (Lipinski definition) is 4. The van der Waals surface area contributed by atoms with Gasteiger partial charge in [-0.15, -0.1) is 0 Å². The quantitative estimate of drug-likeness (QED) is 0.300. The van der Waals surface area contributed by atoms with E-state index in [4.69, 9.17) is 11.5 Å². The van der Waals surface area contributed by atoms with Gasteiger partial charge in [-0.3, -0.25) is 9.59 Å². The minimum Gasteiger partial charge on any atom is -0.345 e. The minimum absolute atomic E-state index is 0.0215. The predicted octanol–water partition coefficient (Wildman–Crippen LogP) is 0.313. The van der Waals surface area contributed by atoms with Crippen LogP contribution in [-0.4, -0.2) is 42.8 Å². The lowest BCUT2D eigenvalue weighted by Gasteiger charge is -2.24. The summed E-state index contributed by atoms with van der Waals surface area (Å²) < 4.78 is 0. The van der Waals surface area contributed by atoms with Crippen molar-refractivity contribution in [2.24, 2.45) is 23.3 Å². The van der Waals surface area contributed by atoms with Crippen LogP contribution in [0.3, 0.4) is 0 Å². The van der Waals surface area contributed by atoms with E-state index in [9.17, 15) is 14.4 Å². The molecule has 0 saturated heterocycles. The van der Waals surface area contributed by atoms with Gasteiger partial charge in [-0.05, 0) is 44.1 Å². The number of aldehydes is 1. The van der Waals surface area contributed by atoms with Gasteiger partial charge in [0.25, 0.3) is 0 Å². The number of hydrogen-bond acceptors (Lipinski definition) is 5. The van der Waals surface area contributed by atoms with Gasteiger partial charge in [0.15, 0.2) is 0 Å². The molecule has 7 nitrogen and oxygen atoms in total. The Labute approximate surface area is 145 Å². The van der Waals surface area contributed by atoms with Crippen LogP contribution in [0.15, 0.2) is 0 Å². The normalized spacial score (nSPS) is 15.0. The zero-order valence-electron chi connectivity index (χ0n) is 15.4. The molecule has 0 aliphatic rings. The topological polar surface area (TPSA) is 127 Å². The molecule has 0 aliphatic carbocycles. The molecule has 6 N–H and O–H groups in total. The average molecular weight is 342 g/mol. The van der Waals surface area contributed by atoms with Gasteiger partial charge in [0, 0.05) is 0 Å². The van der Waals surface area contributed by atoms with E-state index in [-0.39, 0.29) is 23.7 Å². The molecule has 0 aromatic heterocycles. The van der Waals surface area contributed by atoms with E-state index in [0.717, 1.165) is 19.1 Å². The third-order valence-corrected chi connectivity index (χ3v) is 3.82. The van der Waals surface area contributed by atoms with Crippen LogP contribution in [0, 0.1) is 11.8 Å². The van der Waals surface area contributed by atoms with Crippen LogP contribution >= 0.6 is 0 Å². The first-order valence-electron chi connectivity index (χ1n) is 8.74. The van der Waals surface area contributed by atoms with Crippen LogP contribution in [-0.2, 0) is 14.4 Å². The number of carbonyl (C=O) groups excluding carboxylic acids is 3. The van der Waals surface area contributed by atoms with E-state index in [0.29, 0.717) is 19.4 Å². The van der Waals surface area contributed by atoms with Gasteiger partial charge in [-0.2, -0.15) is 0 Å². The monoisotopic (exact) mass is 342 g/mol. The van der Waals surface area contributed by atoms with Gasteiger partial charge in [0.05, 0.1) is 12.1 Å². The van der Waals surface area contributed by atoms with Gasteiger partial charge in [-0.1, -0.05) is 27.7 Å². The van der Waals surface area contributed by atoms with Crippen LogP contribution in [0.1, 0.15) is 53.4 Å². The second-order valence-corrected chi connectivity index (χ2v) is 7.00. The average Bonchev–Trinajstić information content (AvgIpc) is 2.51. The number of nitrogens with one attached hydrogen (secondary N) is 2. The molecule has 24 heavy (non-hydrogen) atoms. The lowest BCUT2D eigenvalue weighted by atomic mass is 10.00. The van der Waals surface area contributed by atoms with Crippen LogP contribution in [0.4, 0.5) is 0 Å². The van der Waals surface area contributed by atoms with Crippen molar-refractivity contribution in [3.8, 4) is 0 Å². The molecule has 0 fully saturated rings. The molecule has 0 rings (SSSR count). The van der Waals surface area contributed by atoms with Gasteiger partial charge >= 0.3 is 0 Å². The van der Waals surface area contributed by atoms with E-state index >= 15 is 0 Å². The van der Waals surface area contributed by atoms with Crippen LogP contribution < -0.4 is 22.1 Å². The Kier molecular flexibility index (Phi) is 11.2. The Balaban J connectivity index is 4.80. The van der Waals surface area contributed by atoms with Crippen molar-refractivity contribution in [2.45, 2.75) is 71.5 Å². The molecule has 0 spiro atoms. The molecular weight excluding hydrogens is 308 g/mol. The van der Waals surface area contributed by atoms with Gasteiger partial charge < -0.3 is 26.9 Å². The van der Waals surface area contributed by atoms with Crippen molar-refractivity contribution in [1.29, 1.82) is 0 Å². The van der Waals surface area contributed by atoms with E-state index in [1.54, 1.807) is 0 Å². The molecule has 2 amide bonds. The molecule has 0 aromatic rings. The van der Waals surface area contributed by atoms with Crippen molar-refractivity contribution in [1.82, 2.24) is 10.6 Å². The predicted molar refractivity (Wildman–Crippen MR) is 95.1 cm³/mol. The molecule has 0 unspecified atom stereocenters. The molecule has 0 radical (unpaired) electrons. The van der Waals surface area contributed by atoms with Crippen molar-refractivity contribution in [3.63, 3.8) is 0 Å². The molecule has 3 atom stereocenters. The van der Waals surface area contributed by atoms with Gasteiger partial charge in [0.2, 0.25) is 11.8 Å². The molecule has 0 bridgehead atoms. The number of rotatable bonds is 12. The SMILES string of the molecule is CC(C)C[C@H](NC(=O)[C@H](N)C(C)C)C(=O)N[C@H](C=O)CCCCN. The fourth-order valence-electron chi connectivity index (χ4n) is 2.24. The Hall–Kier alpha value is -1.47. The fourth-order valence-corrected chi connectivity index (χ4v) is 2.24. The smallest absolute Gasteiger partial charge is 0.243 e. The molecule has 0 saturated carbocycles. The summed E-state index contributed by atoms with van der Waals surface area (Å²) in [4.78, 5) is 35.8. The Bertz CT molecular complexity index is 399. The summed E-state index contributed by atoms with van der Waals surface area (Å²) in [6.45, 7) is 8.18. The highest BCUT2D eigenvalue weighted by Crippen LogP contribution is 2.08. The van der Waals surface area contributed by atoms with Crippen LogP contribution in [0.25, 0.3) is 0 Å². The van der Waals surface area contributed by atoms with Crippen molar-refractivity contribution in [2.75, 3.05) is 6.54 Å². The first kappa shape index (κ1) is 22.5. The van der Waals surface area contributed by atoms with Crippen molar-refractivity contribution >= 4 is 18.1 Å². The maximum atomic E-state index is 12.5. The molecule has 0 aliphatic heterocycles. The Morgan fingerprint density at radius 2 is 1.67 bits per heavy atom. The third kappa shape index (κ3) is 8.98. The summed E-state index contributed by atoms with van der Waals surface area (Å²) in [5, 5.41) is 5.42. The number of nitrogens with two attached hydrogens (primary N) is 2. The summed E-state index contributed by atoms with van der Waals surface area (Å²) in [5.41, 5.74) is 11.3. The van der Waals surface area contributed by atoms with Crippen LogP contribution in [0.2, 0.25) is 0 Å². The third-order valence-electron chi connectivity index (χ3n) is 3.82. The first-order valence-corrected chi connectivity index (χ1v) is 8.74. The molecule has 140 valence electrons. The van der Waals surface area contributed by atoms with E-state index in [2.05, 4.69) is 10.6 Å². The summed E-state index contributed by atoms with van der Waals surface area (Å²) in [5.74, 6) is -0.510. The second-order valence-electron chi connectivity index (χ2n) is 7.00. The lowest BCUT2D eigenvalue weighted by molar-refractivity contribution is -0.131. The molecule has 7 heteroatoms. The van der Waals surface area contributed by atoms with Crippen LogP contribution in [0.5, 0.6) is 0 Å². The fraction of sp³-hybridized carbons (Fsp3) is 0.824. The summed E-state index contributed by atoms with van der Waals surface area (Å²) in [6, 6.07) is -1.92. The first-order chi connectivity index (χ1) is 11.2. The minimum atomic E-state index is -0.695. The highest BCUT2D eigenvalue weighted by Gasteiger charge is 2.27. The van der Waals surface area contributed by atoms with Crippen molar-refractivity contribution < 1.29 is 14.4 Å². The van der Waals surface area contributed by atoms with Gasteiger partial charge in [0.1, 0.15) is 12.3 Å².